The minimum atomic E-state index is -1.98. The first kappa shape index (κ1) is 22.3. The second kappa shape index (κ2) is 7.11. The molecule has 2 rings (SSSR count). The highest BCUT2D eigenvalue weighted by Crippen LogP contribution is 2.42. The van der Waals surface area contributed by atoms with E-state index < -0.39 is 16.6 Å². The van der Waals surface area contributed by atoms with E-state index in [1.54, 1.807) is 0 Å². The number of ether oxygens (including phenoxy) is 2. The van der Waals surface area contributed by atoms with Gasteiger partial charge in [0.15, 0.2) is 29.0 Å². The maximum absolute atomic E-state index is 6.71. The van der Waals surface area contributed by atoms with Crippen LogP contribution < -0.4 is 5.32 Å². The molecule has 2 fully saturated rings. The Kier molecular flexibility index (Phi) is 6.10. The van der Waals surface area contributed by atoms with Gasteiger partial charge in [-0.05, 0) is 48.5 Å². The molecule has 0 aliphatic carbocycles. The molecule has 2 aliphatic heterocycles. The minimum absolute atomic E-state index is 0.114. The average molecular weight is 420 g/mol. The van der Waals surface area contributed by atoms with Gasteiger partial charge in [-0.1, -0.05) is 41.5 Å². The lowest BCUT2D eigenvalue weighted by Crippen LogP contribution is -2.51. The molecule has 0 aromatic carbocycles. The predicted molar refractivity (Wildman–Crippen MR) is 114 cm³/mol. The molecule has 0 aromatic heterocycles. The molecule has 0 radical (unpaired) electrons. The molecule has 5 nitrogen and oxygen atoms in total. The van der Waals surface area contributed by atoms with Gasteiger partial charge in [-0.25, -0.2) is 0 Å². The van der Waals surface area contributed by atoms with Crippen LogP contribution in [0.15, 0.2) is 0 Å². The maximum atomic E-state index is 6.71. The third kappa shape index (κ3) is 4.52. The van der Waals surface area contributed by atoms with Crippen molar-refractivity contribution in [2.45, 2.75) is 102 Å². The molecule has 152 valence electrons. The van der Waals surface area contributed by atoms with Crippen LogP contribution in [-0.2, 0) is 18.3 Å². The molecule has 2 heterocycles. The summed E-state index contributed by atoms with van der Waals surface area (Å²) in [5.74, 6) is 0. The SMILES string of the molecule is CC(C)(C)[Si](C)(C)OC[C@H]1O[C@H]2NC(=S)O[C@H]2[C@@H]1O[Si](C)(C)C(C)(C)C. The van der Waals surface area contributed by atoms with Crippen molar-refractivity contribution in [1.29, 1.82) is 0 Å². The molecule has 4 atom stereocenters. The van der Waals surface area contributed by atoms with Crippen LogP contribution in [0.5, 0.6) is 0 Å². The van der Waals surface area contributed by atoms with Crippen molar-refractivity contribution < 1.29 is 18.3 Å². The number of hydrogen-bond acceptors (Lipinski definition) is 5. The van der Waals surface area contributed by atoms with Crippen LogP contribution in [0.3, 0.4) is 0 Å². The molecule has 0 bridgehead atoms. The fourth-order valence-electron chi connectivity index (χ4n) is 2.55. The lowest BCUT2D eigenvalue weighted by molar-refractivity contribution is -0.0197. The summed E-state index contributed by atoms with van der Waals surface area (Å²) < 4.78 is 25.2. The Hall–Kier alpha value is 0.00377. The minimum Gasteiger partial charge on any atom is -0.460 e. The molecule has 1 N–H and O–H groups in total. The first-order chi connectivity index (χ1) is 11.6. The molecule has 0 aromatic rings. The Labute approximate surface area is 166 Å². The van der Waals surface area contributed by atoms with E-state index in [0.717, 1.165) is 0 Å². The zero-order valence-corrected chi connectivity index (χ0v) is 20.9. The first-order valence-electron chi connectivity index (χ1n) is 9.49. The van der Waals surface area contributed by atoms with Crippen molar-refractivity contribution in [2.24, 2.45) is 0 Å². The van der Waals surface area contributed by atoms with Gasteiger partial charge < -0.3 is 23.6 Å². The topological polar surface area (TPSA) is 49.0 Å². The Morgan fingerprint density at radius 3 is 2.04 bits per heavy atom. The summed E-state index contributed by atoms with van der Waals surface area (Å²) in [4.78, 5) is 0. The van der Waals surface area contributed by atoms with Gasteiger partial charge in [-0.2, -0.15) is 0 Å². The molecule has 26 heavy (non-hydrogen) atoms. The average Bonchev–Trinajstić information content (AvgIpc) is 2.91. The molecule has 2 saturated heterocycles. The van der Waals surface area contributed by atoms with Crippen LogP contribution in [-0.4, -0.2) is 53.0 Å². The van der Waals surface area contributed by atoms with Crippen LogP contribution in [0.25, 0.3) is 0 Å². The molecular formula is C18H37NO4SSi2. The second-order valence-corrected chi connectivity index (χ2v) is 20.5. The Morgan fingerprint density at radius 1 is 1.00 bits per heavy atom. The third-order valence-corrected chi connectivity index (χ3v) is 15.7. The van der Waals surface area contributed by atoms with Crippen molar-refractivity contribution in [3.63, 3.8) is 0 Å². The van der Waals surface area contributed by atoms with Gasteiger partial charge >= 0.3 is 0 Å². The predicted octanol–water partition coefficient (Wildman–Crippen LogP) is 4.40. The highest BCUT2D eigenvalue weighted by atomic mass is 32.1. The van der Waals surface area contributed by atoms with Gasteiger partial charge in [0, 0.05) is 0 Å². The maximum Gasteiger partial charge on any atom is 0.259 e. The Balaban J connectivity index is 2.15. The summed E-state index contributed by atoms with van der Waals surface area (Å²) >= 11 is 5.17. The van der Waals surface area contributed by atoms with Crippen LogP contribution in [0.1, 0.15) is 41.5 Å². The van der Waals surface area contributed by atoms with Crippen LogP contribution in [0, 0.1) is 0 Å². The normalized spacial score (nSPS) is 30.2. The van der Waals surface area contributed by atoms with Crippen LogP contribution in [0.2, 0.25) is 36.3 Å². The highest BCUT2D eigenvalue weighted by molar-refractivity contribution is 7.80. The summed E-state index contributed by atoms with van der Waals surface area (Å²) in [7, 11) is -3.84. The van der Waals surface area contributed by atoms with Gasteiger partial charge in [-0.3, -0.25) is 0 Å². The van der Waals surface area contributed by atoms with E-state index in [9.17, 15) is 0 Å². The van der Waals surface area contributed by atoms with Crippen LogP contribution in [0.4, 0.5) is 0 Å². The third-order valence-electron chi connectivity index (χ3n) is 6.46. The molecule has 0 amide bonds. The highest BCUT2D eigenvalue weighted by Gasteiger charge is 2.55. The lowest BCUT2D eigenvalue weighted by atomic mass is 10.1. The lowest BCUT2D eigenvalue weighted by Gasteiger charge is -2.41. The standard InChI is InChI=1S/C18H37NO4SSi2/c1-17(2,3)25(7,8)20-11-12-13(23-26(9,10)18(4,5)6)14-15(21-12)19-16(24)22-14/h12-15H,11H2,1-10H3,(H,19,24)/t12-,13-,14+,15-/m1/s1. The number of nitrogens with one attached hydrogen (secondary N) is 1. The van der Waals surface area contributed by atoms with E-state index in [2.05, 4.69) is 73.0 Å². The Morgan fingerprint density at radius 2 is 1.54 bits per heavy atom. The summed E-state index contributed by atoms with van der Waals surface area (Å²) in [6.07, 6.45) is -0.766. The molecule has 8 heteroatoms. The largest absolute Gasteiger partial charge is 0.460 e. The van der Waals surface area contributed by atoms with Crippen molar-refractivity contribution in [2.75, 3.05) is 6.61 Å². The molecule has 2 aliphatic rings. The van der Waals surface area contributed by atoms with E-state index >= 15 is 0 Å². The molecule has 0 unspecified atom stereocenters. The quantitative estimate of drug-likeness (QED) is 0.526. The van der Waals surface area contributed by atoms with Gasteiger partial charge in [0.1, 0.15) is 12.2 Å². The number of fused-ring (bicyclic) bond motifs is 1. The summed E-state index contributed by atoms with van der Waals surface area (Å²) in [5, 5.41) is 3.78. The van der Waals surface area contributed by atoms with Gasteiger partial charge in [-0.15, -0.1) is 0 Å². The zero-order chi connectivity index (χ0) is 20.1. The molecular weight excluding hydrogens is 382 g/mol. The van der Waals surface area contributed by atoms with Gasteiger partial charge in [0.25, 0.3) is 5.17 Å². The van der Waals surface area contributed by atoms with Crippen LogP contribution >= 0.6 is 12.2 Å². The summed E-state index contributed by atoms with van der Waals surface area (Å²) in [5.41, 5.74) is 0. The van der Waals surface area contributed by atoms with E-state index in [-0.39, 0.29) is 34.6 Å². The summed E-state index contributed by atoms with van der Waals surface area (Å²) in [6, 6.07) is 0. The number of thiocarbonyl (C=S) groups is 1. The summed E-state index contributed by atoms with van der Waals surface area (Å²) in [6.45, 7) is 23.0. The monoisotopic (exact) mass is 419 g/mol. The number of rotatable bonds is 5. The van der Waals surface area contributed by atoms with E-state index in [4.69, 9.17) is 30.5 Å². The van der Waals surface area contributed by atoms with Crippen molar-refractivity contribution in [3.8, 4) is 0 Å². The van der Waals surface area contributed by atoms with Gasteiger partial charge in [0.05, 0.1) is 6.61 Å². The van der Waals surface area contributed by atoms with Gasteiger partial charge in [0.2, 0.25) is 0 Å². The molecule has 0 spiro atoms. The van der Waals surface area contributed by atoms with Crippen molar-refractivity contribution >= 4 is 34.0 Å². The Bertz CT molecular complexity index is 542. The zero-order valence-electron chi connectivity index (χ0n) is 18.1. The van der Waals surface area contributed by atoms with Crippen molar-refractivity contribution in [3.05, 3.63) is 0 Å². The second-order valence-electron chi connectivity index (χ2n) is 10.5. The smallest absolute Gasteiger partial charge is 0.259 e. The van der Waals surface area contributed by atoms with Crippen molar-refractivity contribution in [1.82, 2.24) is 5.32 Å². The first-order valence-corrected chi connectivity index (χ1v) is 15.7. The van der Waals surface area contributed by atoms with E-state index in [1.165, 1.54) is 0 Å². The fourth-order valence-corrected chi connectivity index (χ4v) is 5.11. The molecule has 0 saturated carbocycles. The van der Waals surface area contributed by atoms with E-state index in [0.29, 0.717) is 11.8 Å². The number of hydrogen-bond donors (Lipinski definition) is 1. The fraction of sp³-hybridized carbons (Fsp3) is 0.944. The van der Waals surface area contributed by atoms with E-state index in [1.807, 2.05) is 0 Å².